The van der Waals surface area contributed by atoms with E-state index >= 15 is 0 Å². The molecule has 0 radical (unpaired) electrons. The molecule has 0 saturated heterocycles. The van der Waals surface area contributed by atoms with Crippen LogP contribution in [-0.2, 0) is 0 Å². The van der Waals surface area contributed by atoms with E-state index in [2.05, 4.69) is 204 Å². The molecule has 0 saturated carbocycles. The molecule has 276 valence electrons. The molecule has 13 rings (SSSR count). The summed E-state index contributed by atoms with van der Waals surface area (Å²) >= 11 is 3.71. The van der Waals surface area contributed by atoms with E-state index < -0.39 is 0 Å². The second-order valence-corrected chi connectivity index (χ2v) is 17.4. The van der Waals surface area contributed by atoms with Crippen LogP contribution in [-0.4, -0.2) is 4.57 Å². The van der Waals surface area contributed by atoms with Gasteiger partial charge in [0.15, 0.2) is 0 Å². The van der Waals surface area contributed by atoms with Crippen LogP contribution < -0.4 is 4.90 Å². The first-order chi connectivity index (χ1) is 29.3. The monoisotopic (exact) mass is 788 g/mol. The van der Waals surface area contributed by atoms with E-state index in [0.29, 0.717) is 0 Å². The second-order valence-electron chi connectivity index (χ2n) is 15.2. The molecule has 3 nitrogen and oxygen atoms in total. The summed E-state index contributed by atoms with van der Waals surface area (Å²) < 4.78 is 14.3. The molecule has 5 heteroatoms. The summed E-state index contributed by atoms with van der Waals surface area (Å²) in [6, 6.07) is 70.6. The summed E-state index contributed by atoms with van der Waals surface area (Å²) in [5.41, 5.74) is 10.9. The third-order valence-electron chi connectivity index (χ3n) is 12.0. The largest absolute Gasteiger partial charge is 0.456 e. The van der Waals surface area contributed by atoms with Crippen LogP contribution in [0.5, 0.6) is 0 Å². The third kappa shape index (κ3) is 4.86. The van der Waals surface area contributed by atoms with Crippen LogP contribution in [0, 0.1) is 0 Å². The highest BCUT2D eigenvalue weighted by Crippen LogP contribution is 2.49. The van der Waals surface area contributed by atoms with E-state index in [1.807, 2.05) is 22.7 Å². The van der Waals surface area contributed by atoms with Gasteiger partial charge in [0.1, 0.15) is 11.2 Å². The van der Waals surface area contributed by atoms with E-state index in [0.717, 1.165) is 50.0 Å². The van der Waals surface area contributed by atoms with E-state index in [1.165, 1.54) is 67.9 Å². The average molecular weight is 789 g/mol. The lowest BCUT2D eigenvalue weighted by Gasteiger charge is -2.26. The molecule has 4 heterocycles. The summed E-state index contributed by atoms with van der Waals surface area (Å²) in [5, 5.41) is 9.86. The van der Waals surface area contributed by atoms with E-state index in [-0.39, 0.29) is 0 Å². The maximum atomic E-state index is 6.74. The number of fused-ring (bicyclic) bond motifs is 12. The number of benzene rings is 9. The van der Waals surface area contributed by atoms with Crippen LogP contribution in [0.1, 0.15) is 0 Å². The third-order valence-corrected chi connectivity index (χ3v) is 14.3. The molecule has 0 unspecified atom stereocenters. The van der Waals surface area contributed by atoms with Crippen molar-refractivity contribution in [2.24, 2.45) is 0 Å². The summed E-state index contributed by atoms with van der Waals surface area (Å²) in [6.07, 6.45) is 0. The van der Waals surface area contributed by atoms with E-state index in [4.69, 9.17) is 4.42 Å². The Kier molecular flexibility index (Phi) is 7.05. The smallest absolute Gasteiger partial charge is 0.138 e. The predicted octanol–water partition coefficient (Wildman–Crippen LogP) is 16.6. The minimum atomic E-state index is 0.885. The molecule has 59 heavy (non-hydrogen) atoms. The van der Waals surface area contributed by atoms with Crippen molar-refractivity contribution in [1.82, 2.24) is 4.57 Å². The van der Waals surface area contributed by atoms with Crippen LogP contribution in [0.4, 0.5) is 17.1 Å². The number of thiophene rings is 2. The van der Waals surface area contributed by atoms with Crippen molar-refractivity contribution >= 4 is 124 Å². The fourth-order valence-electron chi connectivity index (χ4n) is 9.48. The lowest BCUT2D eigenvalue weighted by atomic mass is 9.93. The highest BCUT2D eigenvalue weighted by Gasteiger charge is 2.24. The van der Waals surface area contributed by atoms with Gasteiger partial charge in [-0.1, -0.05) is 103 Å². The topological polar surface area (TPSA) is 21.3 Å². The number of nitrogens with zero attached hydrogens (tertiary/aromatic N) is 2. The van der Waals surface area contributed by atoms with Gasteiger partial charge in [-0.25, -0.2) is 0 Å². The highest BCUT2D eigenvalue weighted by atomic mass is 32.1. The van der Waals surface area contributed by atoms with E-state index in [1.54, 1.807) is 0 Å². The van der Waals surface area contributed by atoms with Gasteiger partial charge in [-0.3, -0.25) is 0 Å². The molecule has 0 atom stereocenters. The molecule has 0 aliphatic heterocycles. The Bertz CT molecular complexity index is 3790. The van der Waals surface area contributed by atoms with E-state index in [9.17, 15) is 0 Å². The second kappa shape index (κ2) is 12.7. The van der Waals surface area contributed by atoms with Gasteiger partial charge in [-0.2, -0.15) is 0 Å². The molecule has 0 N–H and O–H groups in total. The van der Waals surface area contributed by atoms with Gasteiger partial charge in [0.05, 0.1) is 16.7 Å². The Labute approximate surface area is 346 Å². The molecule has 0 fully saturated rings. The minimum Gasteiger partial charge on any atom is -0.456 e. The first kappa shape index (κ1) is 32.9. The predicted molar refractivity (Wildman–Crippen MR) is 254 cm³/mol. The van der Waals surface area contributed by atoms with Gasteiger partial charge in [0.2, 0.25) is 0 Å². The van der Waals surface area contributed by atoms with Crippen molar-refractivity contribution in [2.75, 3.05) is 4.90 Å². The first-order valence-electron chi connectivity index (χ1n) is 19.9. The highest BCUT2D eigenvalue weighted by molar-refractivity contribution is 7.26. The van der Waals surface area contributed by atoms with Crippen LogP contribution >= 0.6 is 22.7 Å². The van der Waals surface area contributed by atoms with Gasteiger partial charge in [-0.15, -0.1) is 22.7 Å². The molecule has 0 bridgehead atoms. The molecular weight excluding hydrogens is 757 g/mol. The fraction of sp³-hybridized carbons (Fsp3) is 0. The average Bonchev–Trinajstić information content (AvgIpc) is 4.05. The fourth-order valence-corrected chi connectivity index (χ4v) is 11.7. The van der Waals surface area contributed by atoms with Crippen LogP contribution in [0.25, 0.3) is 101 Å². The summed E-state index contributed by atoms with van der Waals surface area (Å²) in [4.78, 5) is 2.40. The number of anilines is 3. The Morgan fingerprint density at radius 3 is 1.88 bits per heavy atom. The SMILES string of the molecule is c1ccc(N(c2ccc(-n3c4ccccc4c4c(-c5ccc6sc7ccccc7c6c5)c5c(cc43)oc3ccccc35)cc2)c2cccc3sc4ccccc4c23)cc1. The molecule has 13 aromatic rings. The zero-order chi connectivity index (χ0) is 38.6. The quantitative estimate of drug-likeness (QED) is 0.173. The molecule has 0 aliphatic carbocycles. The maximum absolute atomic E-state index is 6.74. The van der Waals surface area contributed by atoms with Crippen molar-refractivity contribution in [2.45, 2.75) is 0 Å². The lowest BCUT2D eigenvalue weighted by Crippen LogP contribution is -2.10. The number of para-hydroxylation sites is 3. The number of aromatic nitrogens is 1. The molecule has 9 aromatic carbocycles. The van der Waals surface area contributed by atoms with Crippen molar-refractivity contribution in [3.8, 4) is 16.8 Å². The molecule has 0 amide bonds. The summed E-state index contributed by atoms with van der Waals surface area (Å²) in [7, 11) is 0. The summed E-state index contributed by atoms with van der Waals surface area (Å²) in [5.74, 6) is 0. The van der Waals surface area contributed by atoms with Crippen LogP contribution in [0.3, 0.4) is 0 Å². The Hall–Kier alpha value is -7.18. The Morgan fingerprint density at radius 2 is 1.03 bits per heavy atom. The van der Waals surface area contributed by atoms with Crippen molar-refractivity contribution in [1.29, 1.82) is 0 Å². The first-order valence-corrected chi connectivity index (χ1v) is 21.6. The van der Waals surface area contributed by atoms with Crippen molar-refractivity contribution in [3.05, 3.63) is 194 Å². The van der Waals surface area contributed by atoms with Gasteiger partial charge in [0, 0.05) is 90.6 Å². The molecule has 0 spiro atoms. The minimum absolute atomic E-state index is 0.885. The van der Waals surface area contributed by atoms with Crippen molar-refractivity contribution < 1.29 is 4.42 Å². The van der Waals surface area contributed by atoms with Gasteiger partial charge >= 0.3 is 0 Å². The van der Waals surface area contributed by atoms with Crippen LogP contribution in [0.15, 0.2) is 199 Å². The number of hydrogen-bond donors (Lipinski definition) is 0. The molecule has 4 aromatic heterocycles. The van der Waals surface area contributed by atoms with Crippen molar-refractivity contribution in [3.63, 3.8) is 0 Å². The van der Waals surface area contributed by atoms with Gasteiger partial charge in [0.25, 0.3) is 0 Å². The zero-order valence-corrected chi connectivity index (χ0v) is 33.2. The zero-order valence-electron chi connectivity index (χ0n) is 31.6. The standard InChI is InChI=1S/C54H32N2OS2/c1-2-13-34(14-3-1)55(43-20-12-24-50-52(43)40-18-7-11-23-48(40)59-50)35-26-28-36(29-27-35)56-42-19-8-4-16-38(42)53-44(56)32-46-54(39-17-5-9-21-45(39)57-46)51(53)33-25-30-49-41(31-33)37-15-6-10-22-47(37)58-49/h1-32H. The Balaban J connectivity index is 1.06. The number of hydrogen-bond acceptors (Lipinski definition) is 4. The van der Waals surface area contributed by atoms with Gasteiger partial charge in [-0.05, 0) is 90.5 Å². The summed E-state index contributed by atoms with van der Waals surface area (Å²) in [6.45, 7) is 0. The Morgan fingerprint density at radius 1 is 0.390 bits per heavy atom. The molecular formula is C54H32N2OS2. The maximum Gasteiger partial charge on any atom is 0.138 e. The van der Waals surface area contributed by atoms with Gasteiger partial charge < -0.3 is 13.9 Å². The lowest BCUT2D eigenvalue weighted by molar-refractivity contribution is 0.669. The number of furan rings is 1. The molecule has 0 aliphatic rings. The number of rotatable bonds is 5. The van der Waals surface area contributed by atoms with Crippen LogP contribution in [0.2, 0.25) is 0 Å². The normalized spacial score (nSPS) is 12.1.